The van der Waals surface area contributed by atoms with Gasteiger partial charge in [0, 0.05) is 49.4 Å². The second-order valence-corrected chi connectivity index (χ2v) is 13.8. The van der Waals surface area contributed by atoms with Crippen LogP contribution in [-0.2, 0) is 33.7 Å². The minimum atomic E-state index is -1.20. The van der Waals surface area contributed by atoms with E-state index in [9.17, 15) is 19.8 Å². The number of nitrogens with zero attached hydrogens (tertiary/aromatic N) is 4. The highest BCUT2D eigenvalue weighted by atomic mass is 32.1. The molecule has 0 fully saturated rings. The van der Waals surface area contributed by atoms with Crippen molar-refractivity contribution in [1.29, 1.82) is 0 Å². The fourth-order valence-electron chi connectivity index (χ4n) is 5.17. The maximum absolute atomic E-state index is 12.2. The molecule has 3 N–H and O–H groups in total. The van der Waals surface area contributed by atoms with Crippen LogP contribution in [0.4, 0.5) is 4.79 Å². The van der Waals surface area contributed by atoms with E-state index in [0.29, 0.717) is 29.4 Å². The second-order valence-electron chi connectivity index (χ2n) is 12.8. The quantitative estimate of drug-likeness (QED) is 0.169. The van der Waals surface area contributed by atoms with E-state index in [2.05, 4.69) is 21.8 Å². The minimum Gasteiger partial charge on any atom is -0.480 e. The Morgan fingerprint density at radius 2 is 1.84 bits per heavy atom. The zero-order valence-electron chi connectivity index (χ0n) is 27.2. The van der Waals surface area contributed by atoms with E-state index in [1.165, 1.54) is 11.3 Å². The van der Waals surface area contributed by atoms with Gasteiger partial charge < -0.3 is 29.6 Å². The number of aliphatic hydroxyl groups excluding tert-OH is 1. The van der Waals surface area contributed by atoms with Crippen LogP contribution in [0.1, 0.15) is 70.8 Å². The number of ether oxygens (including phenoxy) is 2. The predicted octanol–water partition coefficient (Wildman–Crippen LogP) is 6.03. The van der Waals surface area contributed by atoms with Gasteiger partial charge >= 0.3 is 12.1 Å². The van der Waals surface area contributed by atoms with Crippen LogP contribution < -0.4 is 5.32 Å². The summed E-state index contributed by atoms with van der Waals surface area (Å²) in [7, 11) is 1.66. The summed E-state index contributed by atoms with van der Waals surface area (Å²) in [4.78, 5) is 38.7. The summed E-state index contributed by atoms with van der Waals surface area (Å²) in [6, 6.07) is 6.70. The van der Waals surface area contributed by atoms with Gasteiger partial charge in [-0.15, -0.1) is 11.3 Å². The van der Waals surface area contributed by atoms with Gasteiger partial charge in [0.2, 0.25) is 0 Å². The van der Waals surface area contributed by atoms with E-state index in [1.807, 2.05) is 50.4 Å². The Hall–Kier alpha value is -3.87. The number of thiazole rings is 1. The van der Waals surface area contributed by atoms with Gasteiger partial charge in [0.1, 0.15) is 11.6 Å². The van der Waals surface area contributed by atoms with E-state index in [1.54, 1.807) is 34.1 Å². The molecule has 4 rings (SSSR count). The van der Waals surface area contributed by atoms with E-state index in [4.69, 9.17) is 19.4 Å². The molecule has 0 aliphatic heterocycles. The summed E-state index contributed by atoms with van der Waals surface area (Å²) in [5, 5.41) is 24.8. The van der Waals surface area contributed by atoms with Crippen LogP contribution in [0.15, 0.2) is 35.8 Å². The summed E-state index contributed by atoms with van der Waals surface area (Å²) < 4.78 is 13.1. The Morgan fingerprint density at radius 1 is 1.11 bits per heavy atom. The molecule has 11 nitrogen and oxygen atoms in total. The Labute approximate surface area is 267 Å². The number of fused-ring (bicyclic) bond motifs is 1. The molecule has 45 heavy (non-hydrogen) atoms. The molecule has 0 saturated heterocycles. The number of nitrogens with one attached hydrogen (secondary N) is 1. The number of carboxylic acids is 1. The number of aliphatic hydroxyl groups is 1. The topological polar surface area (TPSA) is 149 Å². The summed E-state index contributed by atoms with van der Waals surface area (Å²) in [6.45, 7) is 13.9. The molecule has 2 unspecified atom stereocenters. The highest BCUT2D eigenvalue weighted by molar-refractivity contribution is 7.10. The number of carbonyl (C=O) groups excluding carboxylic acids is 1. The lowest BCUT2D eigenvalue weighted by Crippen LogP contribution is -2.44. The van der Waals surface area contributed by atoms with Crippen molar-refractivity contribution in [3.05, 3.63) is 52.1 Å². The Morgan fingerprint density at radius 3 is 2.47 bits per heavy atom. The fraction of sp³-hybridized carbons (Fsp3) is 0.485. The molecular weight excluding hydrogens is 594 g/mol. The normalized spacial score (nSPS) is 13.5. The summed E-state index contributed by atoms with van der Waals surface area (Å²) in [6.07, 6.45) is 1.28. The number of alkyl carbamates (subject to hydrolysis) is 1. The van der Waals surface area contributed by atoms with Gasteiger partial charge in [0.25, 0.3) is 0 Å². The van der Waals surface area contributed by atoms with Crippen molar-refractivity contribution in [2.45, 2.75) is 85.6 Å². The molecular formula is C33H43N5O6S. The molecule has 4 aromatic heterocycles. The first kappa shape index (κ1) is 34.0. The number of aryl methyl sites for hydroxylation is 1. The van der Waals surface area contributed by atoms with E-state index < -0.39 is 29.1 Å². The lowest BCUT2D eigenvalue weighted by Gasteiger charge is -2.23. The van der Waals surface area contributed by atoms with Crippen LogP contribution in [-0.4, -0.2) is 67.2 Å². The van der Waals surface area contributed by atoms with Crippen molar-refractivity contribution < 1.29 is 29.3 Å². The zero-order valence-corrected chi connectivity index (χ0v) is 28.0. The molecule has 4 heterocycles. The maximum Gasteiger partial charge on any atom is 0.408 e. The number of rotatable bonds is 12. The van der Waals surface area contributed by atoms with E-state index in [0.717, 1.165) is 33.5 Å². The number of carbonyl (C=O) groups is 2. The van der Waals surface area contributed by atoms with Crippen LogP contribution in [0.3, 0.4) is 0 Å². The molecule has 0 saturated carbocycles. The van der Waals surface area contributed by atoms with E-state index >= 15 is 0 Å². The Bertz CT molecular complexity index is 1670. The maximum atomic E-state index is 12.2. The number of hydrogen-bond acceptors (Lipinski definition) is 9. The molecule has 12 heteroatoms. The van der Waals surface area contributed by atoms with Crippen LogP contribution in [0.25, 0.3) is 33.7 Å². The van der Waals surface area contributed by atoms with Crippen molar-refractivity contribution in [2.24, 2.45) is 5.41 Å². The third kappa shape index (κ3) is 7.86. The largest absolute Gasteiger partial charge is 0.480 e. The molecule has 0 radical (unpaired) electrons. The fourth-order valence-corrected chi connectivity index (χ4v) is 6.00. The number of aliphatic carboxylic acids is 1. The molecule has 2 atom stereocenters. The van der Waals surface area contributed by atoms with Gasteiger partial charge in [-0.3, -0.25) is 4.98 Å². The summed E-state index contributed by atoms with van der Waals surface area (Å²) >= 11 is 1.30. The second kappa shape index (κ2) is 13.6. The number of methoxy groups -OCH3 is 1. The average molecular weight is 638 g/mol. The van der Waals surface area contributed by atoms with Gasteiger partial charge in [-0.25, -0.2) is 19.6 Å². The SMILES string of the molecule is CCn1c(-c2cccnc2C(C)OC)c(CC(C)(C)CO)c2nc(-c3csc(CC(NC(=O)OC(C)(C)C)C(=O)O)n3)ccc21. The molecule has 1 amide bonds. The van der Waals surface area contributed by atoms with Crippen LogP contribution in [0.2, 0.25) is 0 Å². The first-order valence-electron chi connectivity index (χ1n) is 15.0. The molecule has 0 aliphatic rings. The van der Waals surface area contributed by atoms with Gasteiger partial charge in [-0.1, -0.05) is 13.8 Å². The number of aromatic nitrogens is 4. The van der Waals surface area contributed by atoms with Crippen LogP contribution in [0.5, 0.6) is 0 Å². The molecule has 0 aromatic carbocycles. The highest BCUT2D eigenvalue weighted by Crippen LogP contribution is 2.40. The molecule has 0 aliphatic carbocycles. The first-order chi connectivity index (χ1) is 21.2. The van der Waals surface area contributed by atoms with Gasteiger partial charge in [0.15, 0.2) is 0 Å². The molecule has 0 bridgehead atoms. The summed E-state index contributed by atoms with van der Waals surface area (Å²) in [5.41, 5.74) is 5.56. The zero-order chi connectivity index (χ0) is 33.1. The van der Waals surface area contributed by atoms with Crippen molar-refractivity contribution in [3.63, 3.8) is 0 Å². The predicted molar refractivity (Wildman–Crippen MR) is 174 cm³/mol. The van der Waals surface area contributed by atoms with Gasteiger partial charge in [-0.05, 0) is 70.7 Å². The molecule has 4 aromatic rings. The monoisotopic (exact) mass is 637 g/mol. The number of hydrogen-bond donors (Lipinski definition) is 3. The lowest BCUT2D eigenvalue weighted by molar-refractivity contribution is -0.139. The summed E-state index contributed by atoms with van der Waals surface area (Å²) in [5.74, 6) is -1.18. The standard InChI is InChI=1S/C33H43N5O6S/c1-9-38-25-13-12-22(24-17-45-26(35-24)15-23(30(40)41)37-31(42)44-32(3,4)5)36-28(25)21(16-33(6,7)18-39)29(38)20-11-10-14-34-27(20)19(2)43-8/h10-14,17,19,23,39H,9,15-16,18H2,1-8H3,(H,37,42)(H,40,41). The highest BCUT2D eigenvalue weighted by Gasteiger charge is 2.29. The number of pyridine rings is 2. The van der Waals surface area contributed by atoms with Gasteiger partial charge in [-0.2, -0.15) is 0 Å². The number of amides is 1. The van der Waals surface area contributed by atoms with E-state index in [-0.39, 0.29) is 19.1 Å². The lowest BCUT2D eigenvalue weighted by atomic mass is 9.85. The Kier molecular flexibility index (Phi) is 10.3. The minimum absolute atomic E-state index is 0.00315. The van der Waals surface area contributed by atoms with Crippen molar-refractivity contribution in [1.82, 2.24) is 24.8 Å². The van der Waals surface area contributed by atoms with Gasteiger partial charge in [0.05, 0.1) is 44.9 Å². The van der Waals surface area contributed by atoms with Crippen LogP contribution >= 0.6 is 11.3 Å². The third-order valence-corrected chi connectivity index (χ3v) is 8.29. The van der Waals surface area contributed by atoms with Crippen molar-refractivity contribution >= 4 is 34.4 Å². The molecule has 0 spiro atoms. The van der Waals surface area contributed by atoms with Crippen molar-refractivity contribution in [2.75, 3.05) is 13.7 Å². The smallest absolute Gasteiger partial charge is 0.408 e. The first-order valence-corrected chi connectivity index (χ1v) is 15.8. The average Bonchev–Trinajstić information content (AvgIpc) is 3.57. The molecule has 242 valence electrons. The van der Waals surface area contributed by atoms with Crippen LogP contribution in [0, 0.1) is 5.41 Å². The third-order valence-electron chi connectivity index (χ3n) is 7.42. The number of carboxylic acid groups (broad SMARTS) is 1. The Balaban J connectivity index is 1.79. The van der Waals surface area contributed by atoms with Crippen molar-refractivity contribution in [3.8, 4) is 22.6 Å².